The van der Waals surface area contributed by atoms with Gasteiger partial charge in [-0.25, -0.2) is 8.42 Å². The van der Waals surface area contributed by atoms with Gasteiger partial charge in [-0.2, -0.15) is 0 Å². The number of carbonyl (C=O) groups excluding carboxylic acids is 1. The first kappa shape index (κ1) is 23.7. The lowest BCUT2D eigenvalue weighted by molar-refractivity contribution is -0.123. The zero-order chi connectivity index (χ0) is 22.8. The molecular formula is C23H36N4O3S. The van der Waals surface area contributed by atoms with Gasteiger partial charge >= 0.3 is 0 Å². The van der Waals surface area contributed by atoms with Gasteiger partial charge in [-0.15, -0.1) is 0 Å². The van der Waals surface area contributed by atoms with E-state index < -0.39 is 16.1 Å². The van der Waals surface area contributed by atoms with Crippen LogP contribution in [0.3, 0.4) is 0 Å². The van der Waals surface area contributed by atoms with Gasteiger partial charge in [0.05, 0.1) is 4.90 Å². The van der Waals surface area contributed by atoms with Crippen LogP contribution < -0.4 is 10.0 Å². The summed E-state index contributed by atoms with van der Waals surface area (Å²) in [7, 11) is -3.63. The standard InChI is InChI=1S/C23H36N4O3S/c1-15(2)19(27-12-10-17(5)11-13-27)14-24-23(28)21(16(3)4)25-22-18-8-6-7-9-20(18)31(29,30)26-22/h6-9,15-17,19,21H,10-14H2,1-5H3,(H,24,28)(H,25,26)/t19?,21-/m0/s1. The normalized spacial score (nSPS) is 22.4. The number of piperidine rings is 1. The van der Waals surface area contributed by atoms with Crippen molar-refractivity contribution in [2.24, 2.45) is 22.7 Å². The maximum absolute atomic E-state index is 13.1. The number of benzene rings is 1. The molecule has 7 nitrogen and oxygen atoms in total. The molecule has 31 heavy (non-hydrogen) atoms. The number of sulfonamides is 1. The number of fused-ring (bicyclic) bond motifs is 1. The predicted octanol–water partition coefficient (Wildman–Crippen LogP) is 2.62. The van der Waals surface area contributed by atoms with Crippen molar-refractivity contribution in [2.45, 2.75) is 64.4 Å². The second-order valence-corrected chi connectivity index (χ2v) is 11.2. The highest BCUT2D eigenvalue weighted by molar-refractivity contribution is 7.90. The number of hydrogen-bond donors (Lipinski definition) is 2. The SMILES string of the molecule is CC1CCN(C(CNC(=O)[C@@H](N=C2NS(=O)(=O)c3ccccc32)C(C)C)C(C)C)CC1. The number of amides is 1. The van der Waals surface area contributed by atoms with Crippen LogP contribution in [0, 0.1) is 17.8 Å². The quantitative estimate of drug-likeness (QED) is 0.671. The van der Waals surface area contributed by atoms with E-state index in [4.69, 9.17) is 0 Å². The predicted molar refractivity (Wildman–Crippen MR) is 124 cm³/mol. The summed E-state index contributed by atoms with van der Waals surface area (Å²) in [6.07, 6.45) is 2.39. The Bertz CT molecular complexity index is 919. The molecule has 8 heteroatoms. The Morgan fingerprint density at radius 1 is 1.16 bits per heavy atom. The first-order valence-corrected chi connectivity index (χ1v) is 12.8. The van der Waals surface area contributed by atoms with Gasteiger partial charge in [-0.3, -0.25) is 19.4 Å². The molecule has 1 aromatic carbocycles. The number of likely N-dealkylation sites (tertiary alicyclic amines) is 1. The van der Waals surface area contributed by atoms with Crippen molar-refractivity contribution in [2.75, 3.05) is 19.6 Å². The maximum atomic E-state index is 13.1. The Morgan fingerprint density at radius 3 is 2.42 bits per heavy atom. The van der Waals surface area contributed by atoms with E-state index in [9.17, 15) is 13.2 Å². The zero-order valence-electron chi connectivity index (χ0n) is 19.3. The molecule has 2 heterocycles. The van der Waals surface area contributed by atoms with Crippen LogP contribution in [0.1, 0.15) is 53.0 Å². The highest BCUT2D eigenvalue weighted by Crippen LogP contribution is 2.24. The molecule has 0 radical (unpaired) electrons. The fourth-order valence-corrected chi connectivity index (χ4v) is 5.57. The van der Waals surface area contributed by atoms with E-state index in [2.05, 4.69) is 40.7 Å². The topological polar surface area (TPSA) is 90.9 Å². The van der Waals surface area contributed by atoms with Crippen molar-refractivity contribution < 1.29 is 13.2 Å². The third-order valence-electron chi connectivity index (χ3n) is 6.37. The molecule has 0 bridgehead atoms. The maximum Gasteiger partial charge on any atom is 0.263 e. The van der Waals surface area contributed by atoms with E-state index in [0.717, 1.165) is 19.0 Å². The Balaban J connectivity index is 1.73. The molecule has 2 atom stereocenters. The highest BCUT2D eigenvalue weighted by atomic mass is 32.2. The summed E-state index contributed by atoms with van der Waals surface area (Å²) in [5, 5.41) is 3.11. The summed E-state index contributed by atoms with van der Waals surface area (Å²) in [6.45, 7) is 13.2. The van der Waals surface area contributed by atoms with Crippen molar-refractivity contribution in [3.8, 4) is 0 Å². The Hall–Kier alpha value is -1.93. The van der Waals surface area contributed by atoms with Crippen LogP contribution >= 0.6 is 0 Å². The molecule has 0 aliphatic carbocycles. The summed E-state index contributed by atoms with van der Waals surface area (Å²) in [4.78, 5) is 20.3. The Morgan fingerprint density at radius 2 is 1.81 bits per heavy atom. The molecule has 1 amide bonds. The molecule has 2 aliphatic rings. The molecule has 0 spiro atoms. The van der Waals surface area contributed by atoms with Crippen LogP contribution in [-0.4, -0.2) is 56.8 Å². The van der Waals surface area contributed by atoms with Gasteiger partial charge in [0, 0.05) is 18.2 Å². The minimum absolute atomic E-state index is 0.0712. The molecule has 3 rings (SSSR count). The lowest BCUT2D eigenvalue weighted by Crippen LogP contribution is -2.51. The largest absolute Gasteiger partial charge is 0.353 e. The molecule has 1 aromatic rings. The van der Waals surface area contributed by atoms with Crippen LogP contribution in [0.15, 0.2) is 34.2 Å². The first-order chi connectivity index (χ1) is 14.6. The molecule has 1 unspecified atom stereocenters. The molecular weight excluding hydrogens is 412 g/mol. The average molecular weight is 449 g/mol. The lowest BCUT2D eigenvalue weighted by atomic mass is 9.94. The molecule has 0 aromatic heterocycles. The third-order valence-corrected chi connectivity index (χ3v) is 7.77. The second kappa shape index (κ2) is 9.69. The molecule has 172 valence electrons. The summed E-state index contributed by atoms with van der Waals surface area (Å²) >= 11 is 0. The number of hydrogen-bond acceptors (Lipinski definition) is 5. The van der Waals surface area contributed by atoms with Crippen molar-refractivity contribution >= 4 is 21.8 Å². The van der Waals surface area contributed by atoms with E-state index in [1.165, 1.54) is 12.8 Å². The highest BCUT2D eigenvalue weighted by Gasteiger charge is 2.33. The van der Waals surface area contributed by atoms with Crippen LogP contribution in [0.5, 0.6) is 0 Å². The first-order valence-electron chi connectivity index (χ1n) is 11.3. The van der Waals surface area contributed by atoms with Gasteiger partial charge in [0.1, 0.15) is 11.9 Å². The number of rotatable bonds is 7. The van der Waals surface area contributed by atoms with Crippen molar-refractivity contribution in [1.82, 2.24) is 14.9 Å². The summed E-state index contributed by atoms with van der Waals surface area (Å²) in [5.41, 5.74) is 0.517. The summed E-state index contributed by atoms with van der Waals surface area (Å²) in [5.74, 6) is 1.19. The Labute approximate surface area is 186 Å². The molecule has 1 fully saturated rings. The van der Waals surface area contributed by atoms with E-state index >= 15 is 0 Å². The number of amidine groups is 1. The summed E-state index contributed by atoms with van der Waals surface area (Å²) < 4.78 is 27.3. The van der Waals surface area contributed by atoms with E-state index in [1.54, 1.807) is 24.3 Å². The molecule has 2 aliphatic heterocycles. The number of aliphatic imine (C=N–C) groups is 1. The summed E-state index contributed by atoms with van der Waals surface area (Å²) in [6, 6.07) is 6.33. The van der Waals surface area contributed by atoms with Gasteiger partial charge in [0.25, 0.3) is 10.0 Å². The van der Waals surface area contributed by atoms with Gasteiger partial charge in [0.2, 0.25) is 5.91 Å². The van der Waals surface area contributed by atoms with Crippen LogP contribution in [0.4, 0.5) is 0 Å². The van der Waals surface area contributed by atoms with Crippen LogP contribution in [0.25, 0.3) is 0 Å². The van der Waals surface area contributed by atoms with E-state index in [-0.39, 0.29) is 28.6 Å². The van der Waals surface area contributed by atoms with Crippen molar-refractivity contribution in [3.05, 3.63) is 29.8 Å². The van der Waals surface area contributed by atoms with Crippen LogP contribution in [0.2, 0.25) is 0 Å². The monoisotopic (exact) mass is 448 g/mol. The number of carbonyl (C=O) groups is 1. The second-order valence-electron chi connectivity index (χ2n) is 9.54. The van der Waals surface area contributed by atoms with Crippen molar-refractivity contribution in [1.29, 1.82) is 0 Å². The van der Waals surface area contributed by atoms with Gasteiger partial charge < -0.3 is 5.32 Å². The molecule has 1 saturated heterocycles. The number of nitrogens with zero attached hydrogens (tertiary/aromatic N) is 2. The van der Waals surface area contributed by atoms with E-state index in [1.807, 2.05) is 13.8 Å². The minimum Gasteiger partial charge on any atom is -0.353 e. The minimum atomic E-state index is -3.63. The fourth-order valence-electron chi connectivity index (χ4n) is 4.34. The van der Waals surface area contributed by atoms with Crippen molar-refractivity contribution in [3.63, 3.8) is 0 Å². The average Bonchev–Trinajstić information content (AvgIpc) is 2.97. The van der Waals surface area contributed by atoms with E-state index in [0.29, 0.717) is 18.0 Å². The fraction of sp³-hybridized carbons (Fsp3) is 0.652. The smallest absolute Gasteiger partial charge is 0.263 e. The molecule has 0 saturated carbocycles. The van der Waals surface area contributed by atoms with Gasteiger partial charge in [-0.05, 0) is 55.8 Å². The number of nitrogens with one attached hydrogen (secondary N) is 2. The zero-order valence-corrected chi connectivity index (χ0v) is 20.1. The molecule has 2 N–H and O–H groups in total. The van der Waals surface area contributed by atoms with Crippen LogP contribution in [-0.2, 0) is 14.8 Å². The van der Waals surface area contributed by atoms with Gasteiger partial charge in [0.15, 0.2) is 0 Å². The van der Waals surface area contributed by atoms with Gasteiger partial charge in [-0.1, -0.05) is 46.8 Å². The lowest BCUT2D eigenvalue weighted by Gasteiger charge is -2.39. The third kappa shape index (κ3) is 5.47. The Kier molecular flexibility index (Phi) is 7.42.